The van der Waals surface area contributed by atoms with Gasteiger partial charge in [-0.15, -0.1) is 6.42 Å². The number of hydrogen-bond donors (Lipinski definition) is 1. The largest absolute Gasteiger partial charge is 0.461 e. The molecule has 3 nitrogen and oxygen atoms in total. The second-order valence-corrected chi connectivity index (χ2v) is 4.41. The Morgan fingerprint density at radius 3 is 3.17 bits per heavy atom. The van der Waals surface area contributed by atoms with Crippen LogP contribution in [0.5, 0.6) is 0 Å². The molecule has 3 heteroatoms. The first-order chi connectivity index (χ1) is 8.76. The van der Waals surface area contributed by atoms with Crippen molar-refractivity contribution in [3.8, 4) is 12.3 Å². The number of carbonyl (C=O) groups is 1. The van der Waals surface area contributed by atoms with Crippen molar-refractivity contribution < 1.29 is 9.53 Å². The van der Waals surface area contributed by atoms with E-state index in [1.807, 2.05) is 12.3 Å². The maximum absolute atomic E-state index is 11.9. The highest BCUT2D eigenvalue weighted by molar-refractivity contribution is 6.07. The average molecular weight is 239 g/mol. The third-order valence-electron chi connectivity index (χ3n) is 3.46. The number of nitrogens with one attached hydrogen (secondary N) is 1. The van der Waals surface area contributed by atoms with Crippen molar-refractivity contribution in [1.82, 2.24) is 4.98 Å². The molecule has 0 spiro atoms. The lowest BCUT2D eigenvalue weighted by Crippen LogP contribution is -2.11. The molecule has 1 N–H and O–H groups in total. The number of ether oxygens (including phenoxy) is 1. The number of rotatable bonds is 2. The fourth-order valence-electron chi connectivity index (χ4n) is 2.65. The lowest BCUT2D eigenvalue weighted by atomic mass is 9.81. The fourth-order valence-corrected chi connectivity index (χ4v) is 2.65. The summed E-state index contributed by atoms with van der Waals surface area (Å²) in [6, 6.07) is 4.09. The number of esters is 1. The summed E-state index contributed by atoms with van der Waals surface area (Å²) >= 11 is 0. The quantitative estimate of drug-likeness (QED) is 0.646. The summed E-state index contributed by atoms with van der Waals surface area (Å²) in [6.45, 7) is 2.17. The molecular weight excluding hydrogens is 226 g/mol. The van der Waals surface area contributed by atoms with Gasteiger partial charge < -0.3 is 9.72 Å². The molecule has 0 saturated heterocycles. The zero-order valence-electron chi connectivity index (χ0n) is 10.1. The molecule has 2 aliphatic carbocycles. The van der Waals surface area contributed by atoms with E-state index in [2.05, 4.69) is 17.0 Å². The van der Waals surface area contributed by atoms with E-state index in [0.29, 0.717) is 12.3 Å². The first-order valence-corrected chi connectivity index (χ1v) is 6.02. The highest BCUT2D eigenvalue weighted by Crippen LogP contribution is 2.38. The molecule has 0 radical (unpaired) electrons. The molecule has 0 aliphatic heterocycles. The van der Waals surface area contributed by atoms with Gasteiger partial charge in [0, 0.05) is 22.9 Å². The van der Waals surface area contributed by atoms with Crippen LogP contribution in [-0.4, -0.2) is 17.6 Å². The van der Waals surface area contributed by atoms with Crippen LogP contribution in [0, 0.1) is 12.3 Å². The third kappa shape index (κ3) is 1.36. The standard InChI is InChI=1S/C15H13NO2/c1-3-9-7-10-5-6-11(9)13-12(10)8-16-14(13)15(17)18-4-2/h1,5-6,8-9,16H,4,7H2,2H3. The Kier molecular flexibility index (Phi) is 2.38. The van der Waals surface area contributed by atoms with E-state index >= 15 is 0 Å². The highest BCUT2D eigenvalue weighted by Gasteiger charge is 2.26. The Balaban J connectivity index is 2.24. The monoisotopic (exact) mass is 239 g/mol. The molecule has 90 valence electrons. The van der Waals surface area contributed by atoms with Crippen LogP contribution in [0.2, 0.25) is 0 Å². The van der Waals surface area contributed by atoms with Gasteiger partial charge in [-0.2, -0.15) is 0 Å². The predicted molar refractivity (Wildman–Crippen MR) is 69.5 cm³/mol. The topological polar surface area (TPSA) is 42.1 Å². The van der Waals surface area contributed by atoms with Crippen LogP contribution >= 0.6 is 0 Å². The maximum Gasteiger partial charge on any atom is 0.355 e. The highest BCUT2D eigenvalue weighted by atomic mass is 16.5. The number of aromatic nitrogens is 1. The number of hydrogen-bond acceptors (Lipinski definition) is 2. The Morgan fingerprint density at radius 1 is 1.61 bits per heavy atom. The Morgan fingerprint density at radius 2 is 2.44 bits per heavy atom. The molecule has 1 aromatic heterocycles. The molecule has 18 heavy (non-hydrogen) atoms. The summed E-state index contributed by atoms with van der Waals surface area (Å²) < 4.78 is 5.06. The Labute approximate surface area is 105 Å². The zero-order chi connectivity index (χ0) is 12.7. The van der Waals surface area contributed by atoms with E-state index in [-0.39, 0.29) is 11.9 Å². The summed E-state index contributed by atoms with van der Waals surface area (Å²) in [7, 11) is 0. The molecule has 0 fully saturated rings. The van der Waals surface area contributed by atoms with Crippen molar-refractivity contribution in [2.45, 2.75) is 19.3 Å². The van der Waals surface area contributed by atoms with Gasteiger partial charge in [0.2, 0.25) is 0 Å². The van der Waals surface area contributed by atoms with Gasteiger partial charge in [0.1, 0.15) is 5.69 Å². The number of benzene rings is 1. The SMILES string of the molecule is C#CC1Cc2ccc1c1c(C(=O)OCC)[nH]cc21. The zero-order valence-corrected chi connectivity index (χ0v) is 10.1. The summed E-state index contributed by atoms with van der Waals surface area (Å²) in [6.07, 6.45) is 8.28. The molecule has 1 heterocycles. The van der Waals surface area contributed by atoms with Gasteiger partial charge in [0.25, 0.3) is 0 Å². The van der Waals surface area contributed by atoms with Crippen LogP contribution in [0.1, 0.15) is 34.5 Å². The second kappa shape index (κ2) is 3.92. The molecule has 1 unspecified atom stereocenters. The maximum atomic E-state index is 11.9. The van der Waals surface area contributed by atoms with Gasteiger partial charge in [0.05, 0.1) is 6.61 Å². The minimum atomic E-state index is -0.316. The number of fused-ring (bicyclic) bond motifs is 2. The summed E-state index contributed by atoms with van der Waals surface area (Å²) in [5, 5.41) is 2.02. The normalized spacial score (nSPS) is 16.8. The van der Waals surface area contributed by atoms with Crippen LogP contribution < -0.4 is 0 Å². The van der Waals surface area contributed by atoms with Crippen LogP contribution in [-0.2, 0) is 11.2 Å². The van der Waals surface area contributed by atoms with Crippen molar-refractivity contribution in [3.05, 3.63) is 35.2 Å². The Bertz CT molecular complexity index is 676. The molecule has 1 atom stereocenters. The van der Waals surface area contributed by atoms with Gasteiger partial charge in [-0.1, -0.05) is 18.1 Å². The summed E-state index contributed by atoms with van der Waals surface area (Å²) in [5.74, 6) is 2.54. The van der Waals surface area contributed by atoms with E-state index in [0.717, 1.165) is 22.8 Å². The molecule has 2 aromatic rings. The number of terminal acetylenes is 1. The smallest absolute Gasteiger partial charge is 0.355 e. The molecule has 4 rings (SSSR count). The number of carbonyl (C=O) groups excluding carboxylic acids is 1. The molecular formula is C15H13NO2. The summed E-state index contributed by atoms with van der Waals surface area (Å²) in [4.78, 5) is 14.9. The molecule has 2 aliphatic rings. The van der Waals surface area contributed by atoms with Crippen LogP contribution in [0.3, 0.4) is 0 Å². The van der Waals surface area contributed by atoms with Crippen LogP contribution in [0.4, 0.5) is 0 Å². The molecule has 1 aromatic carbocycles. The van der Waals surface area contributed by atoms with Gasteiger partial charge in [-0.05, 0) is 24.5 Å². The van der Waals surface area contributed by atoms with Gasteiger partial charge in [0.15, 0.2) is 0 Å². The first-order valence-electron chi connectivity index (χ1n) is 6.02. The van der Waals surface area contributed by atoms with Crippen molar-refractivity contribution in [2.75, 3.05) is 6.61 Å². The second-order valence-electron chi connectivity index (χ2n) is 4.41. The molecule has 0 saturated carbocycles. The Hall–Kier alpha value is -2.21. The molecule has 0 amide bonds. The first kappa shape index (κ1) is 10.9. The van der Waals surface area contributed by atoms with Crippen molar-refractivity contribution in [1.29, 1.82) is 0 Å². The minimum absolute atomic E-state index is 0.0708. The van der Waals surface area contributed by atoms with E-state index in [4.69, 9.17) is 11.2 Å². The van der Waals surface area contributed by atoms with Crippen LogP contribution in [0.15, 0.2) is 18.3 Å². The van der Waals surface area contributed by atoms with Crippen molar-refractivity contribution in [2.24, 2.45) is 0 Å². The third-order valence-corrected chi connectivity index (χ3v) is 3.46. The van der Waals surface area contributed by atoms with E-state index in [1.54, 1.807) is 6.92 Å². The van der Waals surface area contributed by atoms with E-state index in [9.17, 15) is 4.79 Å². The van der Waals surface area contributed by atoms with Crippen molar-refractivity contribution >= 4 is 16.7 Å². The van der Waals surface area contributed by atoms with Gasteiger partial charge >= 0.3 is 5.97 Å². The average Bonchev–Trinajstić information content (AvgIpc) is 2.85. The van der Waals surface area contributed by atoms with E-state index < -0.39 is 0 Å². The van der Waals surface area contributed by atoms with Crippen LogP contribution in [0.25, 0.3) is 10.8 Å². The lowest BCUT2D eigenvalue weighted by molar-refractivity contribution is 0.0522. The predicted octanol–water partition coefficient (Wildman–Crippen LogP) is 2.62. The fraction of sp³-hybridized carbons (Fsp3) is 0.267. The number of H-pyrrole nitrogens is 1. The molecule has 2 bridgehead atoms. The van der Waals surface area contributed by atoms with Gasteiger partial charge in [-0.25, -0.2) is 4.79 Å². The number of aromatic amines is 1. The summed E-state index contributed by atoms with van der Waals surface area (Å²) in [5.41, 5.74) is 2.75. The van der Waals surface area contributed by atoms with Gasteiger partial charge in [-0.3, -0.25) is 0 Å². The minimum Gasteiger partial charge on any atom is -0.461 e. The van der Waals surface area contributed by atoms with Crippen molar-refractivity contribution in [3.63, 3.8) is 0 Å². The van der Waals surface area contributed by atoms with E-state index in [1.165, 1.54) is 5.56 Å². The lowest BCUT2D eigenvalue weighted by Gasteiger charge is -2.21.